The molecule has 4 heteroatoms. The van der Waals surface area contributed by atoms with E-state index in [1.807, 2.05) is 30.3 Å². The first kappa shape index (κ1) is 15.7. The van der Waals surface area contributed by atoms with E-state index in [2.05, 4.69) is 28.2 Å². The third-order valence-electron chi connectivity index (χ3n) is 3.26. The predicted octanol–water partition coefficient (Wildman–Crippen LogP) is 4.86. The molecule has 1 amide bonds. The number of nitrogens with one attached hydrogen (secondary N) is 1. The van der Waals surface area contributed by atoms with Gasteiger partial charge in [-0.1, -0.05) is 59.6 Å². The lowest BCUT2D eigenvalue weighted by atomic mass is 10.0. The van der Waals surface area contributed by atoms with Gasteiger partial charge < -0.3 is 5.32 Å². The molecule has 0 aliphatic heterocycles. The minimum absolute atomic E-state index is 0.0569. The molecule has 21 heavy (non-hydrogen) atoms. The normalized spacial score (nSPS) is 12.0. The maximum Gasteiger partial charge on any atom is 0.254 e. The number of amides is 1. The maximum absolute atomic E-state index is 13.8. The number of hydrogen-bond acceptors (Lipinski definition) is 1. The van der Waals surface area contributed by atoms with E-state index in [9.17, 15) is 9.18 Å². The van der Waals surface area contributed by atoms with Gasteiger partial charge in [-0.05, 0) is 30.2 Å². The van der Waals surface area contributed by atoms with Crippen LogP contribution in [0.25, 0.3) is 0 Å². The molecule has 0 aliphatic carbocycles. The lowest BCUT2D eigenvalue weighted by molar-refractivity contribution is 0.0930. The molecule has 0 aromatic heterocycles. The Kier molecular flexibility index (Phi) is 5.51. The van der Waals surface area contributed by atoms with Gasteiger partial charge in [0.25, 0.3) is 5.91 Å². The van der Waals surface area contributed by atoms with Crippen molar-refractivity contribution < 1.29 is 9.18 Å². The minimum Gasteiger partial charge on any atom is -0.345 e. The topological polar surface area (TPSA) is 29.1 Å². The van der Waals surface area contributed by atoms with Gasteiger partial charge in [-0.2, -0.15) is 0 Å². The zero-order valence-electron chi connectivity index (χ0n) is 11.8. The second-order valence-corrected chi connectivity index (χ2v) is 5.77. The SMILES string of the molecule is CCCC(NC(=O)c1cc(Br)ccc1F)c1ccccc1. The molecule has 110 valence electrons. The summed E-state index contributed by atoms with van der Waals surface area (Å²) in [6, 6.07) is 14.0. The zero-order chi connectivity index (χ0) is 15.2. The van der Waals surface area contributed by atoms with Crippen LogP contribution in [0.4, 0.5) is 4.39 Å². The number of hydrogen-bond donors (Lipinski definition) is 1. The van der Waals surface area contributed by atoms with Gasteiger partial charge in [-0.3, -0.25) is 4.79 Å². The standard InChI is InChI=1S/C17H17BrFNO/c1-2-6-16(12-7-4-3-5-8-12)20-17(21)14-11-13(18)9-10-15(14)19/h3-5,7-11,16H,2,6H2,1H3,(H,20,21). The predicted molar refractivity (Wildman–Crippen MR) is 85.7 cm³/mol. The Morgan fingerprint density at radius 1 is 1.24 bits per heavy atom. The summed E-state index contributed by atoms with van der Waals surface area (Å²) in [5.74, 6) is -0.907. The molecule has 2 nitrogen and oxygen atoms in total. The average Bonchev–Trinajstić information content (AvgIpc) is 2.50. The van der Waals surface area contributed by atoms with Crippen molar-refractivity contribution in [3.8, 4) is 0 Å². The largest absolute Gasteiger partial charge is 0.345 e. The van der Waals surface area contributed by atoms with Gasteiger partial charge in [-0.15, -0.1) is 0 Å². The summed E-state index contributed by atoms with van der Waals surface area (Å²) >= 11 is 3.26. The molecule has 1 unspecified atom stereocenters. The fraction of sp³-hybridized carbons (Fsp3) is 0.235. The zero-order valence-corrected chi connectivity index (χ0v) is 13.4. The van der Waals surface area contributed by atoms with Crippen LogP contribution in [0.1, 0.15) is 41.7 Å². The summed E-state index contributed by atoms with van der Waals surface area (Å²) in [6.07, 6.45) is 1.74. The monoisotopic (exact) mass is 349 g/mol. The summed E-state index contributed by atoms with van der Waals surface area (Å²) in [5.41, 5.74) is 1.09. The van der Waals surface area contributed by atoms with Gasteiger partial charge in [-0.25, -0.2) is 4.39 Å². The Morgan fingerprint density at radius 3 is 2.62 bits per heavy atom. The highest BCUT2D eigenvalue weighted by molar-refractivity contribution is 9.10. The number of halogens is 2. The van der Waals surface area contributed by atoms with Crippen molar-refractivity contribution in [3.05, 3.63) is 69.9 Å². The first-order valence-electron chi connectivity index (χ1n) is 6.92. The van der Waals surface area contributed by atoms with Crippen molar-refractivity contribution in [2.75, 3.05) is 0 Å². The third kappa shape index (κ3) is 4.14. The summed E-state index contributed by atoms with van der Waals surface area (Å²) < 4.78 is 14.5. The van der Waals surface area contributed by atoms with Crippen LogP contribution in [-0.4, -0.2) is 5.91 Å². The van der Waals surface area contributed by atoms with Crippen LogP contribution >= 0.6 is 15.9 Å². The molecule has 0 saturated heterocycles. The fourth-order valence-electron chi connectivity index (χ4n) is 2.20. The van der Waals surface area contributed by atoms with E-state index < -0.39 is 11.7 Å². The molecule has 2 rings (SSSR count). The van der Waals surface area contributed by atoms with Gasteiger partial charge in [0.05, 0.1) is 11.6 Å². The first-order chi connectivity index (χ1) is 10.1. The van der Waals surface area contributed by atoms with Crippen LogP contribution < -0.4 is 5.32 Å². The Labute approximate surface area is 132 Å². The molecule has 0 saturated carbocycles. The molecule has 2 aromatic rings. The molecule has 0 bridgehead atoms. The van der Waals surface area contributed by atoms with Gasteiger partial charge in [0.1, 0.15) is 5.82 Å². The Hall–Kier alpha value is -1.68. The minimum atomic E-state index is -0.515. The van der Waals surface area contributed by atoms with E-state index in [0.29, 0.717) is 4.47 Å². The van der Waals surface area contributed by atoms with E-state index in [0.717, 1.165) is 18.4 Å². The smallest absolute Gasteiger partial charge is 0.254 e. The maximum atomic E-state index is 13.8. The van der Waals surface area contributed by atoms with E-state index in [-0.39, 0.29) is 11.6 Å². The van der Waals surface area contributed by atoms with Gasteiger partial charge in [0, 0.05) is 4.47 Å². The Morgan fingerprint density at radius 2 is 1.95 bits per heavy atom. The molecule has 0 heterocycles. The van der Waals surface area contributed by atoms with Crippen molar-refractivity contribution in [3.63, 3.8) is 0 Å². The summed E-state index contributed by atoms with van der Waals surface area (Å²) in [6.45, 7) is 2.06. The van der Waals surface area contributed by atoms with Gasteiger partial charge in [0.2, 0.25) is 0 Å². The van der Waals surface area contributed by atoms with Crippen molar-refractivity contribution in [1.82, 2.24) is 5.32 Å². The Bertz CT molecular complexity index is 615. The van der Waals surface area contributed by atoms with E-state index in [1.54, 1.807) is 6.07 Å². The second-order valence-electron chi connectivity index (χ2n) is 4.85. The van der Waals surface area contributed by atoms with Crippen molar-refractivity contribution in [2.24, 2.45) is 0 Å². The fourth-order valence-corrected chi connectivity index (χ4v) is 2.56. The molecule has 0 radical (unpaired) electrons. The van der Waals surface area contributed by atoms with Crippen LogP contribution in [-0.2, 0) is 0 Å². The molecule has 0 aliphatic rings. The number of benzene rings is 2. The Balaban J connectivity index is 2.20. The second kappa shape index (κ2) is 7.36. The molecular weight excluding hydrogens is 333 g/mol. The highest BCUT2D eigenvalue weighted by Gasteiger charge is 2.17. The quantitative estimate of drug-likeness (QED) is 0.820. The first-order valence-corrected chi connectivity index (χ1v) is 7.72. The van der Waals surface area contributed by atoms with Crippen molar-refractivity contribution >= 4 is 21.8 Å². The highest BCUT2D eigenvalue weighted by Crippen LogP contribution is 2.21. The number of carbonyl (C=O) groups is 1. The summed E-state index contributed by atoms with van der Waals surface area (Å²) in [4.78, 5) is 12.3. The molecular formula is C17H17BrFNO. The molecule has 1 atom stereocenters. The van der Waals surface area contributed by atoms with Crippen LogP contribution in [0.15, 0.2) is 53.0 Å². The van der Waals surface area contributed by atoms with Crippen LogP contribution in [0.5, 0.6) is 0 Å². The van der Waals surface area contributed by atoms with Crippen LogP contribution in [0.3, 0.4) is 0 Å². The number of rotatable bonds is 5. The van der Waals surface area contributed by atoms with E-state index >= 15 is 0 Å². The third-order valence-corrected chi connectivity index (χ3v) is 3.75. The van der Waals surface area contributed by atoms with Crippen molar-refractivity contribution in [2.45, 2.75) is 25.8 Å². The molecule has 0 fully saturated rings. The summed E-state index contributed by atoms with van der Waals surface area (Å²) in [7, 11) is 0. The molecule has 2 aromatic carbocycles. The molecule has 0 spiro atoms. The van der Waals surface area contributed by atoms with Crippen molar-refractivity contribution in [1.29, 1.82) is 0 Å². The summed E-state index contributed by atoms with van der Waals surface area (Å²) in [5, 5.41) is 2.92. The van der Waals surface area contributed by atoms with Gasteiger partial charge in [0.15, 0.2) is 0 Å². The van der Waals surface area contributed by atoms with E-state index in [1.165, 1.54) is 12.1 Å². The van der Waals surface area contributed by atoms with Crippen LogP contribution in [0, 0.1) is 5.82 Å². The average molecular weight is 350 g/mol. The highest BCUT2D eigenvalue weighted by atomic mass is 79.9. The lowest BCUT2D eigenvalue weighted by Gasteiger charge is -2.19. The van der Waals surface area contributed by atoms with Crippen LogP contribution in [0.2, 0.25) is 0 Å². The van der Waals surface area contributed by atoms with Gasteiger partial charge >= 0.3 is 0 Å². The number of carbonyl (C=O) groups excluding carboxylic acids is 1. The van der Waals surface area contributed by atoms with E-state index in [4.69, 9.17) is 0 Å². The molecule has 1 N–H and O–H groups in total. The lowest BCUT2D eigenvalue weighted by Crippen LogP contribution is -2.29.